The van der Waals surface area contributed by atoms with E-state index in [0.29, 0.717) is 37.4 Å². The maximum absolute atomic E-state index is 12.5. The molecule has 178 valence electrons. The molecule has 0 aliphatic carbocycles. The second-order valence-electron chi connectivity index (χ2n) is 8.32. The molecule has 1 fully saturated rings. The molecule has 4 rings (SSSR count). The monoisotopic (exact) mass is 470 g/mol. The Hall–Kier alpha value is -4.46. The van der Waals surface area contributed by atoms with Gasteiger partial charge in [0.25, 0.3) is 11.6 Å². The zero-order chi connectivity index (χ0) is 24.8. The smallest absolute Gasteiger partial charge is 0.273 e. The van der Waals surface area contributed by atoms with E-state index in [-0.39, 0.29) is 17.2 Å². The van der Waals surface area contributed by atoms with Gasteiger partial charge in [-0.2, -0.15) is 0 Å². The summed E-state index contributed by atoms with van der Waals surface area (Å²) in [6, 6.07) is 21.6. The summed E-state index contributed by atoms with van der Waals surface area (Å²) in [5, 5.41) is 13.9. The highest BCUT2D eigenvalue weighted by atomic mass is 16.6. The minimum absolute atomic E-state index is 0.00269. The van der Waals surface area contributed by atoms with Gasteiger partial charge in [-0.15, -0.1) is 0 Å². The molecule has 8 heteroatoms. The molecule has 0 unspecified atom stereocenters. The summed E-state index contributed by atoms with van der Waals surface area (Å²) in [6.45, 7) is 4.31. The van der Waals surface area contributed by atoms with Gasteiger partial charge in [0.15, 0.2) is 0 Å². The van der Waals surface area contributed by atoms with Gasteiger partial charge < -0.3 is 15.1 Å². The molecule has 0 bridgehead atoms. The number of carbonyl (C=O) groups excluding carboxylic acids is 2. The van der Waals surface area contributed by atoms with Crippen molar-refractivity contribution < 1.29 is 14.5 Å². The Morgan fingerprint density at radius 2 is 1.63 bits per heavy atom. The molecule has 0 radical (unpaired) electrons. The van der Waals surface area contributed by atoms with Crippen LogP contribution in [0.15, 0.2) is 78.9 Å². The van der Waals surface area contributed by atoms with Gasteiger partial charge in [0, 0.05) is 60.8 Å². The van der Waals surface area contributed by atoms with Gasteiger partial charge in [-0.3, -0.25) is 19.7 Å². The zero-order valence-corrected chi connectivity index (χ0v) is 19.4. The number of benzene rings is 3. The number of piperazine rings is 1. The van der Waals surface area contributed by atoms with Gasteiger partial charge in [0.05, 0.1) is 4.92 Å². The summed E-state index contributed by atoms with van der Waals surface area (Å²) in [6.07, 6.45) is 3.45. The van der Waals surface area contributed by atoms with Crippen LogP contribution >= 0.6 is 0 Å². The molecule has 35 heavy (non-hydrogen) atoms. The Labute approximate surface area is 203 Å². The number of rotatable bonds is 6. The zero-order valence-electron chi connectivity index (χ0n) is 19.4. The third-order valence-corrected chi connectivity index (χ3v) is 5.97. The number of amides is 2. The molecule has 0 aromatic heterocycles. The number of hydrogen-bond donors (Lipinski definition) is 1. The Bertz CT molecular complexity index is 1250. The summed E-state index contributed by atoms with van der Waals surface area (Å²) in [5.74, 6) is -0.403. The molecule has 8 nitrogen and oxygen atoms in total. The number of hydrogen-bond acceptors (Lipinski definition) is 5. The van der Waals surface area contributed by atoms with Crippen LogP contribution in [-0.4, -0.2) is 47.8 Å². The third-order valence-electron chi connectivity index (χ3n) is 5.97. The lowest BCUT2D eigenvalue weighted by molar-refractivity contribution is -0.385. The number of carbonyl (C=O) groups is 2. The first-order valence-corrected chi connectivity index (χ1v) is 11.3. The molecule has 3 aromatic carbocycles. The normalized spacial score (nSPS) is 13.6. The summed E-state index contributed by atoms with van der Waals surface area (Å²) in [4.78, 5) is 39.7. The Kier molecular flexibility index (Phi) is 7.21. The Morgan fingerprint density at radius 3 is 2.29 bits per heavy atom. The molecule has 3 aromatic rings. The fourth-order valence-corrected chi connectivity index (χ4v) is 3.93. The van der Waals surface area contributed by atoms with Crippen LogP contribution in [-0.2, 0) is 4.79 Å². The Morgan fingerprint density at radius 1 is 0.943 bits per heavy atom. The summed E-state index contributed by atoms with van der Waals surface area (Å²) >= 11 is 0. The molecule has 1 aliphatic rings. The van der Waals surface area contributed by atoms with Crippen LogP contribution in [0.2, 0.25) is 0 Å². The summed E-state index contributed by atoms with van der Waals surface area (Å²) in [7, 11) is 0. The van der Waals surface area contributed by atoms with Crippen LogP contribution in [0, 0.1) is 17.0 Å². The lowest BCUT2D eigenvalue weighted by Gasteiger charge is -2.35. The number of anilines is 2. The highest BCUT2D eigenvalue weighted by Crippen LogP contribution is 2.22. The number of nitrogens with one attached hydrogen (secondary N) is 1. The standard InChI is InChI=1S/C27H26N4O4/c1-20-7-9-22(19-25(20)31(34)35)27(33)28-23-10-12-24(13-11-23)29-15-17-30(18-16-29)26(32)14-8-21-5-3-2-4-6-21/h2-14,19H,15-18H2,1H3,(H,28,33). The van der Waals surface area contributed by atoms with Crippen molar-refractivity contribution in [1.29, 1.82) is 0 Å². The number of nitrogens with zero attached hydrogens (tertiary/aromatic N) is 3. The van der Waals surface area contributed by atoms with Gasteiger partial charge in [-0.05, 0) is 48.9 Å². The molecule has 1 aliphatic heterocycles. The lowest BCUT2D eigenvalue weighted by atomic mass is 10.1. The van der Waals surface area contributed by atoms with Crippen molar-refractivity contribution in [3.8, 4) is 0 Å². The molecular formula is C27H26N4O4. The van der Waals surface area contributed by atoms with Gasteiger partial charge in [0.2, 0.25) is 5.91 Å². The average molecular weight is 471 g/mol. The van der Waals surface area contributed by atoms with Crippen LogP contribution in [0.1, 0.15) is 21.5 Å². The number of nitro benzene ring substituents is 1. The highest BCUT2D eigenvalue weighted by Gasteiger charge is 2.20. The lowest BCUT2D eigenvalue weighted by Crippen LogP contribution is -2.48. The third kappa shape index (κ3) is 5.92. The summed E-state index contributed by atoms with van der Waals surface area (Å²) in [5.41, 5.74) is 3.24. The predicted octanol–water partition coefficient (Wildman–Crippen LogP) is 4.52. The minimum atomic E-state index is -0.492. The first-order chi connectivity index (χ1) is 16.9. The minimum Gasteiger partial charge on any atom is -0.368 e. The van der Waals surface area contributed by atoms with Crippen LogP contribution in [0.3, 0.4) is 0 Å². The maximum atomic E-state index is 12.5. The molecule has 2 amide bonds. The summed E-state index contributed by atoms with van der Waals surface area (Å²) < 4.78 is 0. The molecular weight excluding hydrogens is 444 g/mol. The van der Waals surface area contributed by atoms with Gasteiger partial charge in [-0.1, -0.05) is 36.4 Å². The van der Waals surface area contributed by atoms with Crippen LogP contribution in [0.25, 0.3) is 6.08 Å². The first kappa shape index (κ1) is 23.7. The van der Waals surface area contributed by atoms with E-state index in [4.69, 9.17) is 0 Å². The van der Waals surface area contributed by atoms with Gasteiger partial charge in [0.1, 0.15) is 0 Å². The van der Waals surface area contributed by atoms with Crippen LogP contribution in [0.4, 0.5) is 17.1 Å². The SMILES string of the molecule is Cc1ccc(C(=O)Nc2ccc(N3CCN(C(=O)C=Cc4ccccc4)CC3)cc2)cc1[N+](=O)[O-]. The van der Waals surface area contributed by atoms with E-state index >= 15 is 0 Å². The predicted molar refractivity (Wildman–Crippen MR) is 136 cm³/mol. The largest absolute Gasteiger partial charge is 0.368 e. The topological polar surface area (TPSA) is 95.8 Å². The Balaban J connectivity index is 1.31. The van der Waals surface area contributed by atoms with Crippen LogP contribution < -0.4 is 10.2 Å². The van der Waals surface area contributed by atoms with Crippen molar-refractivity contribution in [2.45, 2.75) is 6.92 Å². The quantitative estimate of drug-likeness (QED) is 0.325. The van der Waals surface area contributed by atoms with Crippen molar-refractivity contribution in [1.82, 2.24) is 4.90 Å². The molecule has 1 saturated heterocycles. The molecule has 0 spiro atoms. The van der Waals surface area contributed by atoms with Crippen molar-refractivity contribution in [2.75, 3.05) is 36.4 Å². The van der Waals surface area contributed by atoms with Crippen molar-refractivity contribution in [3.63, 3.8) is 0 Å². The average Bonchev–Trinajstić information content (AvgIpc) is 2.88. The van der Waals surface area contributed by atoms with E-state index in [1.54, 1.807) is 37.3 Å². The van der Waals surface area contributed by atoms with Gasteiger partial charge >= 0.3 is 0 Å². The second-order valence-corrected chi connectivity index (χ2v) is 8.32. The second kappa shape index (κ2) is 10.6. The maximum Gasteiger partial charge on any atom is 0.273 e. The molecule has 0 saturated carbocycles. The van der Waals surface area contributed by atoms with E-state index in [2.05, 4.69) is 10.2 Å². The van der Waals surface area contributed by atoms with Crippen molar-refractivity contribution >= 4 is 35.0 Å². The van der Waals surface area contributed by atoms with E-state index in [1.807, 2.05) is 53.4 Å². The molecule has 1 heterocycles. The fraction of sp³-hybridized carbons (Fsp3) is 0.185. The van der Waals surface area contributed by atoms with Crippen LogP contribution in [0.5, 0.6) is 0 Å². The number of aryl methyl sites for hydroxylation is 1. The van der Waals surface area contributed by atoms with E-state index < -0.39 is 10.8 Å². The number of nitro groups is 1. The van der Waals surface area contributed by atoms with E-state index in [1.165, 1.54) is 6.07 Å². The van der Waals surface area contributed by atoms with Crippen molar-refractivity contribution in [3.05, 3.63) is 106 Å². The first-order valence-electron chi connectivity index (χ1n) is 11.3. The van der Waals surface area contributed by atoms with Gasteiger partial charge in [-0.25, -0.2) is 0 Å². The molecule has 0 atom stereocenters. The fourth-order valence-electron chi connectivity index (χ4n) is 3.93. The molecule has 1 N–H and O–H groups in total. The van der Waals surface area contributed by atoms with E-state index in [0.717, 1.165) is 11.3 Å². The van der Waals surface area contributed by atoms with E-state index in [9.17, 15) is 19.7 Å². The highest BCUT2D eigenvalue weighted by molar-refractivity contribution is 6.04. The van der Waals surface area contributed by atoms with Crippen molar-refractivity contribution in [2.24, 2.45) is 0 Å².